The molecule has 116 valence electrons. The molecule has 0 aliphatic rings. The molecule has 0 spiro atoms. The summed E-state index contributed by atoms with van der Waals surface area (Å²) in [6.45, 7) is 5.66. The number of halogens is 1. The Morgan fingerprint density at radius 3 is 2.64 bits per heavy atom. The van der Waals surface area contributed by atoms with Crippen LogP contribution in [0.4, 0.5) is 4.39 Å². The Bertz CT molecular complexity index is 653. The van der Waals surface area contributed by atoms with E-state index in [4.69, 9.17) is 5.26 Å². The highest BCUT2D eigenvalue weighted by atomic mass is 19.1. The molecule has 0 aliphatic carbocycles. The fourth-order valence-corrected chi connectivity index (χ4v) is 2.43. The lowest BCUT2D eigenvalue weighted by atomic mass is 10.2. The van der Waals surface area contributed by atoms with Crippen molar-refractivity contribution in [2.24, 2.45) is 0 Å². The fourth-order valence-electron chi connectivity index (χ4n) is 2.43. The van der Waals surface area contributed by atoms with Gasteiger partial charge < -0.3 is 5.32 Å². The molecule has 0 unspecified atom stereocenters. The van der Waals surface area contributed by atoms with Gasteiger partial charge in [0.15, 0.2) is 0 Å². The Hall–Kier alpha value is -2.19. The lowest BCUT2D eigenvalue weighted by Gasteiger charge is -2.07. The standard InChI is InChI=1S/C17H21FN4/c1-13-17(12-20-11-5-3-4-10-19)14(2)22(21-13)16-8-6-15(18)7-9-16/h6-9,20H,3-5,11-12H2,1-2H3. The zero-order valence-electron chi connectivity index (χ0n) is 13.1. The minimum Gasteiger partial charge on any atom is -0.313 e. The minimum atomic E-state index is -0.246. The van der Waals surface area contributed by atoms with Gasteiger partial charge in [0.25, 0.3) is 0 Å². The topological polar surface area (TPSA) is 53.6 Å². The van der Waals surface area contributed by atoms with Crippen LogP contribution < -0.4 is 5.32 Å². The molecule has 2 aromatic rings. The van der Waals surface area contributed by atoms with E-state index in [-0.39, 0.29) is 5.82 Å². The highest BCUT2D eigenvalue weighted by molar-refractivity contribution is 5.37. The first kappa shape index (κ1) is 16.2. The molecule has 0 fully saturated rings. The molecular formula is C17H21FN4. The van der Waals surface area contributed by atoms with Crippen molar-refractivity contribution in [2.75, 3.05) is 6.54 Å². The van der Waals surface area contributed by atoms with Crippen molar-refractivity contribution in [1.82, 2.24) is 15.1 Å². The molecule has 22 heavy (non-hydrogen) atoms. The summed E-state index contributed by atoms with van der Waals surface area (Å²) in [5, 5.41) is 16.4. The quantitative estimate of drug-likeness (QED) is 0.797. The van der Waals surface area contributed by atoms with E-state index in [1.54, 1.807) is 12.1 Å². The van der Waals surface area contributed by atoms with Gasteiger partial charge in [-0.2, -0.15) is 10.4 Å². The maximum Gasteiger partial charge on any atom is 0.123 e. The van der Waals surface area contributed by atoms with E-state index in [0.717, 1.165) is 43.0 Å². The molecule has 4 nitrogen and oxygen atoms in total. The van der Waals surface area contributed by atoms with Crippen molar-refractivity contribution >= 4 is 0 Å². The summed E-state index contributed by atoms with van der Waals surface area (Å²) in [6.07, 6.45) is 2.54. The SMILES string of the molecule is Cc1nn(-c2ccc(F)cc2)c(C)c1CNCCCCC#N. The van der Waals surface area contributed by atoms with Crippen LogP contribution in [0.5, 0.6) is 0 Å². The molecule has 0 saturated carbocycles. The number of nitrogens with one attached hydrogen (secondary N) is 1. The van der Waals surface area contributed by atoms with Crippen LogP contribution in [0.25, 0.3) is 5.69 Å². The number of nitrogens with zero attached hydrogens (tertiary/aromatic N) is 3. The van der Waals surface area contributed by atoms with Crippen LogP contribution in [0.15, 0.2) is 24.3 Å². The summed E-state index contributed by atoms with van der Waals surface area (Å²) in [4.78, 5) is 0. The molecule has 0 bridgehead atoms. The number of nitriles is 1. The summed E-state index contributed by atoms with van der Waals surface area (Å²) in [6, 6.07) is 8.50. The summed E-state index contributed by atoms with van der Waals surface area (Å²) >= 11 is 0. The molecule has 1 N–H and O–H groups in total. The number of unbranched alkanes of at least 4 members (excludes halogenated alkanes) is 2. The molecule has 0 atom stereocenters. The fraction of sp³-hybridized carbons (Fsp3) is 0.412. The Morgan fingerprint density at radius 2 is 1.95 bits per heavy atom. The molecule has 1 aromatic carbocycles. The van der Waals surface area contributed by atoms with Crippen LogP contribution in [0.2, 0.25) is 0 Å². The van der Waals surface area contributed by atoms with E-state index in [0.29, 0.717) is 6.42 Å². The van der Waals surface area contributed by atoms with E-state index in [2.05, 4.69) is 16.5 Å². The molecule has 0 amide bonds. The second-order valence-corrected chi connectivity index (χ2v) is 5.33. The first-order valence-electron chi connectivity index (χ1n) is 7.52. The van der Waals surface area contributed by atoms with E-state index in [1.165, 1.54) is 17.7 Å². The molecule has 0 aliphatic heterocycles. The van der Waals surface area contributed by atoms with Gasteiger partial charge in [-0.25, -0.2) is 9.07 Å². The molecule has 5 heteroatoms. The molecule has 1 heterocycles. The maximum absolute atomic E-state index is 13.0. The van der Waals surface area contributed by atoms with Gasteiger partial charge in [-0.15, -0.1) is 0 Å². The Morgan fingerprint density at radius 1 is 1.23 bits per heavy atom. The third-order valence-electron chi connectivity index (χ3n) is 3.71. The smallest absolute Gasteiger partial charge is 0.123 e. The number of rotatable bonds is 7. The van der Waals surface area contributed by atoms with Gasteiger partial charge in [-0.1, -0.05) is 0 Å². The second-order valence-electron chi connectivity index (χ2n) is 5.33. The zero-order valence-corrected chi connectivity index (χ0v) is 13.1. The van der Waals surface area contributed by atoms with Gasteiger partial charge in [0.05, 0.1) is 17.5 Å². The van der Waals surface area contributed by atoms with Crippen LogP contribution in [0.1, 0.15) is 36.2 Å². The number of aryl methyl sites for hydroxylation is 1. The molecule has 2 rings (SSSR count). The van der Waals surface area contributed by atoms with Gasteiger partial charge in [-0.05, 0) is 57.5 Å². The van der Waals surface area contributed by atoms with Gasteiger partial charge in [-0.3, -0.25) is 0 Å². The Labute approximate surface area is 130 Å². The Balaban J connectivity index is 2.01. The second kappa shape index (κ2) is 7.71. The predicted molar refractivity (Wildman–Crippen MR) is 84.2 cm³/mol. The van der Waals surface area contributed by atoms with Crippen molar-refractivity contribution in [2.45, 2.75) is 39.7 Å². The largest absolute Gasteiger partial charge is 0.313 e. The maximum atomic E-state index is 13.0. The normalized spacial score (nSPS) is 10.6. The average Bonchev–Trinajstić information content (AvgIpc) is 2.79. The third kappa shape index (κ3) is 3.92. The summed E-state index contributed by atoms with van der Waals surface area (Å²) in [5.41, 5.74) is 4.08. The minimum absolute atomic E-state index is 0.246. The van der Waals surface area contributed by atoms with Gasteiger partial charge in [0.1, 0.15) is 5.82 Å². The first-order chi connectivity index (χ1) is 10.6. The lowest BCUT2D eigenvalue weighted by Crippen LogP contribution is -2.15. The van der Waals surface area contributed by atoms with Crippen molar-refractivity contribution in [3.8, 4) is 11.8 Å². The van der Waals surface area contributed by atoms with Gasteiger partial charge in [0.2, 0.25) is 0 Å². The summed E-state index contributed by atoms with van der Waals surface area (Å²) < 4.78 is 14.9. The van der Waals surface area contributed by atoms with Crippen LogP contribution in [0.3, 0.4) is 0 Å². The highest BCUT2D eigenvalue weighted by Gasteiger charge is 2.12. The monoisotopic (exact) mass is 300 g/mol. The molecule has 0 saturated heterocycles. The van der Waals surface area contributed by atoms with Gasteiger partial charge >= 0.3 is 0 Å². The van der Waals surface area contributed by atoms with Crippen molar-refractivity contribution < 1.29 is 4.39 Å². The van der Waals surface area contributed by atoms with Crippen molar-refractivity contribution in [3.05, 3.63) is 47.0 Å². The molecule has 0 radical (unpaired) electrons. The number of benzene rings is 1. The van der Waals surface area contributed by atoms with Crippen LogP contribution in [-0.4, -0.2) is 16.3 Å². The first-order valence-corrected chi connectivity index (χ1v) is 7.52. The molecular weight excluding hydrogens is 279 g/mol. The number of hydrogen-bond donors (Lipinski definition) is 1. The van der Waals surface area contributed by atoms with E-state index < -0.39 is 0 Å². The predicted octanol–water partition coefficient (Wildman–Crippen LogP) is 3.41. The third-order valence-corrected chi connectivity index (χ3v) is 3.71. The lowest BCUT2D eigenvalue weighted by molar-refractivity contribution is 0.625. The number of hydrogen-bond acceptors (Lipinski definition) is 3. The summed E-state index contributed by atoms with van der Waals surface area (Å²) in [7, 11) is 0. The Kier molecular flexibility index (Phi) is 5.68. The van der Waals surface area contributed by atoms with E-state index in [9.17, 15) is 4.39 Å². The van der Waals surface area contributed by atoms with Crippen LogP contribution in [-0.2, 0) is 6.54 Å². The summed E-state index contributed by atoms with van der Waals surface area (Å²) in [5.74, 6) is -0.246. The van der Waals surface area contributed by atoms with Crippen LogP contribution in [0, 0.1) is 31.0 Å². The number of aromatic nitrogens is 2. The zero-order chi connectivity index (χ0) is 15.9. The average molecular weight is 300 g/mol. The van der Waals surface area contributed by atoms with Crippen molar-refractivity contribution in [3.63, 3.8) is 0 Å². The van der Waals surface area contributed by atoms with E-state index >= 15 is 0 Å². The van der Waals surface area contributed by atoms with Crippen LogP contribution >= 0.6 is 0 Å². The molecule has 1 aromatic heterocycles. The van der Waals surface area contributed by atoms with E-state index in [1.807, 2.05) is 18.5 Å². The highest BCUT2D eigenvalue weighted by Crippen LogP contribution is 2.18. The van der Waals surface area contributed by atoms with Crippen molar-refractivity contribution in [1.29, 1.82) is 5.26 Å². The van der Waals surface area contributed by atoms with Gasteiger partial charge in [0, 0.05) is 24.2 Å².